The predicted molar refractivity (Wildman–Crippen MR) is 45.8 cm³/mol. The van der Waals surface area contributed by atoms with Crippen LogP contribution in [0.1, 0.15) is 21.2 Å². The largest absolute Gasteiger partial charge is 2.00 e. The third-order valence-electron chi connectivity index (χ3n) is 1.38. The summed E-state index contributed by atoms with van der Waals surface area (Å²) in [6.07, 6.45) is 5.55. The summed E-state index contributed by atoms with van der Waals surface area (Å²) in [5.74, 6) is -2.83. The molecule has 0 amide bonds. The molecule has 0 atom stereocenters. The van der Waals surface area contributed by atoms with Crippen molar-refractivity contribution in [2.75, 3.05) is 0 Å². The molecule has 8 nitrogen and oxygen atoms in total. The molecule has 93 valence electrons. The smallest absolute Gasteiger partial charge is 0.542 e. The summed E-state index contributed by atoms with van der Waals surface area (Å²) in [5.41, 5.74) is 0. The van der Waals surface area contributed by atoms with Crippen LogP contribution in [0.3, 0.4) is 0 Å². The van der Waals surface area contributed by atoms with Crippen molar-refractivity contribution >= 4 is 11.9 Å². The maximum absolute atomic E-state index is 9.86. The molecule has 9 heteroatoms. The minimum Gasteiger partial charge on any atom is -0.542 e. The average molecular weight is 286 g/mol. The maximum Gasteiger partial charge on any atom is 2.00 e. The molecule has 2 aromatic heterocycles. The van der Waals surface area contributed by atoms with Crippen molar-refractivity contribution < 1.29 is 36.9 Å². The molecule has 0 saturated carbocycles. The summed E-state index contributed by atoms with van der Waals surface area (Å²) in [5, 5.41) is 19.7. The first-order valence-corrected chi connectivity index (χ1v) is 4.02. The van der Waals surface area contributed by atoms with Gasteiger partial charge in [0.25, 0.3) is 0 Å². The van der Waals surface area contributed by atoms with Crippen LogP contribution in [0.4, 0.5) is 0 Å². The van der Waals surface area contributed by atoms with Crippen LogP contribution in [0.5, 0.6) is 0 Å². The van der Waals surface area contributed by atoms with E-state index in [1.165, 1.54) is 24.8 Å². The molecule has 0 saturated heterocycles. The molecule has 0 bridgehead atoms. The molecule has 17 heavy (non-hydrogen) atoms. The molecule has 2 N–H and O–H groups in total. The number of imidazole rings is 2. The molecule has 0 aliphatic rings. The fourth-order valence-electron chi connectivity index (χ4n) is 0.754. The van der Waals surface area contributed by atoms with Crippen molar-refractivity contribution in [1.82, 2.24) is 19.9 Å². The Morgan fingerprint density at radius 1 is 0.941 bits per heavy atom. The summed E-state index contributed by atoms with van der Waals surface area (Å²) < 4.78 is 0. The second-order valence-electron chi connectivity index (χ2n) is 2.45. The molecule has 1 radical (unpaired) electrons. The van der Waals surface area contributed by atoms with Crippen LogP contribution >= 0.6 is 0 Å². The van der Waals surface area contributed by atoms with E-state index in [0.29, 0.717) is 0 Å². The zero-order valence-corrected chi connectivity index (χ0v) is 9.08. The van der Waals surface area contributed by atoms with E-state index in [1.54, 1.807) is 0 Å². The Morgan fingerprint density at radius 2 is 1.29 bits per heavy atom. The van der Waals surface area contributed by atoms with Gasteiger partial charge in [0.2, 0.25) is 0 Å². The molecule has 2 rings (SSSR count). The maximum atomic E-state index is 9.86. The molecule has 0 aliphatic carbocycles. The number of aromatic carboxylic acids is 2. The van der Waals surface area contributed by atoms with Gasteiger partial charge >= 0.3 is 17.1 Å². The number of carbonyl (C=O) groups is 2. The first-order chi connectivity index (χ1) is 7.61. The Kier molecular flexibility index (Phi) is 6.30. The Bertz CT molecular complexity index is 410. The summed E-state index contributed by atoms with van der Waals surface area (Å²) >= 11 is 0. The quantitative estimate of drug-likeness (QED) is 0.587. The van der Waals surface area contributed by atoms with Gasteiger partial charge in [0.05, 0.1) is 0 Å². The van der Waals surface area contributed by atoms with Crippen molar-refractivity contribution in [3.8, 4) is 0 Å². The van der Waals surface area contributed by atoms with Crippen LogP contribution in [0.25, 0.3) is 0 Å². The van der Waals surface area contributed by atoms with Gasteiger partial charge in [-0.05, 0) is 0 Å². The molecule has 0 aromatic carbocycles. The first-order valence-electron chi connectivity index (χ1n) is 4.02. The van der Waals surface area contributed by atoms with Crippen LogP contribution in [0.15, 0.2) is 24.8 Å². The number of carboxylic acid groups (broad SMARTS) is 2. The number of rotatable bonds is 2. The van der Waals surface area contributed by atoms with E-state index in [1.807, 2.05) is 0 Å². The van der Waals surface area contributed by atoms with Crippen molar-refractivity contribution in [3.05, 3.63) is 36.4 Å². The number of carbonyl (C=O) groups excluding carboxylic acids is 2. The van der Waals surface area contributed by atoms with Gasteiger partial charge in [-0.15, -0.1) is 0 Å². The topological polar surface area (TPSA) is 138 Å². The SMILES string of the molecule is O=C([O-])c1ncc[nH]1.O=C([O-])c1ncc[nH]1.[Cu+2]. The Hall–Kier alpha value is -2.12. The zero-order chi connectivity index (χ0) is 12.0. The average Bonchev–Trinajstić information content (AvgIpc) is 2.93. The van der Waals surface area contributed by atoms with E-state index < -0.39 is 11.9 Å². The van der Waals surface area contributed by atoms with E-state index in [0.717, 1.165) is 0 Å². The third-order valence-corrected chi connectivity index (χ3v) is 1.38. The van der Waals surface area contributed by atoms with Crippen LogP contribution in [0.2, 0.25) is 0 Å². The van der Waals surface area contributed by atoms with E-state index >= 15 is 0 Å². The molecule has 0 aliphatic heterocycles. The summed E-state index contributed by atoms with van der Waals surface area (Å²) in [6.45, 7) is 0. The molecule has 0 spiro atoms. The van der Waals surface area contributed by atoms with Gasteiger partial charge in [0, 0.05) is 24.8 Å². The second kappa shape index (κ2) is 7.20. The van der Waals surface area contributed by atoms with Gasteiger partial charge in [-0.3, -0.25) is 0 Å². The van der Waals surface area contributed by atoms with E-state index in [9.17, 15) is 19.8 Å². The number of nitrogens with one attached hydrogen (secondary N) is 2. The van der Waals surface area contributed by atoms with E-state index in [2.05, 4.69) is 19.9 Å². The van der Waals surface area contributed by atoms with Gasteiger partial charge in [-0.25, -0.2) is 9.97 Å². The molecule has 0 fully saturated rings. The van der Waals surface area contributed by atoms with Gasteiger partial charge in [-0.2, -0.15) is 0 Å². The Balaban J connectivity index is 0.000000284. The second-order valence-corrected chi connectivity index (χ2v) is 2.45. The Labute approximate surface area is 106 Å². The summed E-state index contributed by atoms with van der Waals surface area (Å²) in [4.78, 5) is 31.2. The molecular weight excluding hydrogens is 280 g/mol. The Morgan fingerprint density at radius 3 is 1.41 bits per heavy atom. The minimum atomic E-state index is -1.28. The number of hydrogen-bond donors (Lipinski definition) is 2. The number of aromatic amines is 2. The van der Waals surface area contributed by atoms with Gasteiger partial charge < -0.3 is 29.8 Å². The third kappa shape index (κ3) is 4.96. The number of aromatic nitrogens is 4. The van der Waals surface area contributed by atoms with Crippen molar-refractivity contribution in [2.24, 2.45) is 0 Å². The van der Waals surface area contributed by atoms with Crippen molar-refractivity contribution in [3.63, 3.8) is 0 Å². The first kappa shape index (κ1) is 14.9. The number of hydrogen-bond acceptors (Lipinski definition) is 6. The monoisotopic (exact) mass is 285 g/mol. The van der Waals surface area contributed by atoms with E-state index in [-0.39, 0.29) is 28.7 Å². The molecular formula is C8H6CuN4O4. The predicted octanol–water partition coefficient (Wildman–Crippen LogP) is -2.46. The normalized spacial score (nSPS) is 8.47. The van der Waals surface area contributed by atoms with Crippen LogP contribution in [-0.4, -0.2) is 31.9 Å². The molecule has 0 unspecified atom stereocenters. The molecule has 2 aromatic rings. The summed E-state index contributed by atoms with van der Waals surface area (Å²) in [6, 6.07) is 0. The van der Waals surface area contributed by atoms with Crippen molar-refractivity contribution in [2.45, 2.75) is 0 Å². The van der Waals surface area contributed by atoms with Gasteiger partial charge in [0.1, 0.15) is 11.9 Å². The number of H-pyrrole nitrogens is 2. The fourth-order valence-corrected chi connectivity index (χ4v) is 0.754. The summed E-state index contributed by atoms with van der Waals surface area (Å²) in [7, 11) is 0. The zero-order valence-electron chi connectivity index (χ0n) is 8.14. The fraction of sp³-hybridized carbons (Fsp3) is 0. The standard InChI is InChI=1S/2C4H4N2O2.Cu/c2*7-4(8)3-5-1-2-6-3;/h2*1-2H,(H,5,6)(H,7,8);/q;;+2/p-2. The van der Waals surface area contributed by atoms with Crippen LogP contribution in [-0.2, 0) is 17.1 Å². The van der Waals surface area contributed by atoms with Crippen LogP contribution in [0, 0.1) is 0 Å². The van der Waals surface area contributed by atoms with Gasteiger partial charge in [-0.1, -0.05) is 0 Å². The molecule has 2 heterocycles. The van der Waals surface area contributed by atoms with Gasteiger partial charge in [0.15, 0.2) is 11.6 Å². The van der Waals surface area contributed by atoms with Crippen LogP contribution < -0.4 is 10.2 Å². The van der Waals surface area contributed by atoms with Crippen molar-refractivity contribution in [1.29, 1.82) is 0 Å². The minimum absolute atomic E-state index is 0. The number of carboxylic acids is 2. The number of nitrogens with zero attached hydrogens (tertiary/aromatic N) is 2. The van der Waals surface area contributed by atoms with E-state index in [4.69, 9.17) is 0 Å².